The number of benzene rings is 3. The lowest BCUT2D eigenvalue weighted by atomic mass is 10.1. The van der Waals surface area contributed by atoms with E-state index in [2.05, 4.69) is 104 Å². The summed E-state index contributed by atoms with van der Waals surface area (Å²) >= 11 is 3.35. The molecule has 0 unspecified atom stereocenters. The Kier molecular flexibility index (Phi) is 15.2. The first-order chi connectivity index (χ1) is 18.5. The van der Waals surface area contributed by atoms with Crippen molar-refractivity contribution in [3.63, 3.8) is 0 Å². The monoisotopic (exact) mass is 593 g/mol. The number of amides is 3. The summed E-state index contributed by atoms with van der Waals surface area (Å²) in [5.74, 6) is 2.44. The van der Waals surface area contributed by atoms with Crippen LogP contribution in [0.2, 0.25) is 0 Å². The predicted octanol–water partition coefficient (Wildman–Crippen LogP) is 5.82. The first-order valence-corrected chi connectivity index (χ1v) is 13.6. The molecule has 0 radical (unpaired) electrons. The van der Waals surface area contributed by atoms with Gasteiger partial charge in [0.05, 0.1) is 0 Å². The Labute approximate surface area is 241 Å². The fourth-order valence-electron chi connectivity index (χ4n) is 3.36. The molecule has 1 saturated heterocycles. The normalized spacial score (nSPS) is 12.3. The Hall–Kier alpha value is -3.63. The van der Waals surface area contributed by atoms with E-state index in [-0.39, 0.29) is 37.4 Å². The van der Waals surface area contributed by atoms with Crippen LogP contribution in [-0.4, -0.2) is 54.2 Å². The molecular weight excluding hydrogens is 554 g/mol. The zero-order valence-corrected chi connectivity index (χ0v) is 25.4. The number of rotatable bonds is 4. The molecule has 4 rings (SSSR count). The largest absolute Gasteiger partial charge is 0.358 e. The minimum atomic E-state index is -0.280. The molecule has 3 aromatic carbocycles. The van der Waals surface area contributed by atoms with Crippen molar-refractivity contribution in [1.82, 2.24) is 15.1 Å². The maximum atomic E-state index is 12.1. The van der Waals surface area contributed by atoms with Gasteiger partial charge in [0.25, 0.3) is 0 Å². The highest BCUT2D eigenvalue weighted by atomic mass is 79.9. The first kappa shape index (κ1) is 33.4. The van der Waals surface area contributed by atoms with E-state index in [1.807, 2.05) is 24.3 Å². The van der Waals surface area contributed by atoms with Crippen molar-refractivity contribution in [3.05, 3.63) is 82.3 Å². The average molecular weight is 595 g/mol. The second-order valence-electron chi connectivity index (χ2n) is 9.67. The number of nitrogens with one attached hydrogen (secondary N) is 1. The second-order valence-corrected chi connectivity index (χ2v) is 10.6. The van der Waals surface area contributed by atoms with Crippen LogP contribution < -0.4 is 5.32 Å². The van der Waals surface area contributed by atoms with Crippen LogP contribution in [0.5, 0.6) is 0 Å². The lowest BCUT2D eigenvalue weighted by molar-refractivity contribution is -0.151. The van der Waals surface area contributed by atoms with Gasteiger partial charge in [-0.15, -0.1) is 12.3 Å². The van der Waals surface area contributed by atoms with Gasteiger partial charge in [-0.25, -0.2) is 0 Å². The highest BCUT2D eigenvalue weighted by Gasteiger charge is 2.30. The van der Waals surface area contributed by atoms with Gasteiger partial charge >= 0.3 is 0 Å². The van der Waals surface area contributed by atoms with Crippen LogP contribution in [0, 0.1) is 25.2 Å². The molecule has 0 spiro atoms. The molecule has 39 heavy (non-hydrogen) atoms. The molecule has 7 heteroatoms. The van der Waals surface area contributed by atoms with E-state index in [4.69, 9.17) is 0 Å². The van der Waals surface area contributed by atoms with Gasteiger partial charge in [0, 0.05) is 18.1 Å². The topological polar surface area (TPSA) is 69.7 Å². The number of likely N-dealkylation sites (N-methyl/N-ethyl adjacent to an activating group) is 1. The van der Waals surface area contributed by atoms with Crippen molar-refractivity contribution in [1.29, 1.82) is 0 Å². The zero-order valence-electron chi connectivity index (χ0n) is 23.8. The van der Waals surface area contributed by atoms with Crippen molar-refractivity contribution in [2.75, 3.05) is 26.7 Å². The van der Waals surface area contributed by atoms with E-state index in [1.165, 1.54) is 33.2 Å². The minimum Gasteiger partial charge on any atom is -0.358 e. The van der Waals surface area contributed by atoms with Gasteiger partial charge in [0.1, 0.15) is 19.6 Å². The fraction of sp³-hybridized carbons (Fsp3) is 0.344. The summed E-state index contributed by atoms with van der Waals surface area (Å²) in [4.78, 5) is 38.2. The van der Waals surface area contributed by atoms with E-state index in [0.717, 1.165) is 16.0 Å². The molecule has 0 aromatic heterocycles. The fourth-order valence-corrected chi connectivity index (χ4v) is 3.63. The van der Waals surface area contributed by atoms with Crippen LogP contribution in [0.15, 0.2) is 71.2 Å². The van der Waals surface area contributed by atoms with Crippen LogP contribution in [0.25, 0.3) is 10.8 Å². The lowest BCUT2D eigenvalue weighted by Gasteiger charge is -2.33. The minimum absolute atomic E-state index is 0.00584. The maximum absolute atomic E-state index is 12.1. The summed E-state index contributed by atoms with van der Waals surface area (Å²) in [6, 6.07) is 22.5. The number of piperazine rings is 1. The van der Waals surface area contributed by atoms with Crippen molar-refractivity contribution in [2.45, 2.75) is 41.2 Å². The molecule has 3 amide bonds. The third-order valence-corrected chi connectivity index (χ3v) is 5.69. The van der Waals surface area contributed by atoms with Gasteiger partial charge in [-0.05, 0) is 48.2 Å². The molecule has 208 valence electrons. The van der Waals surface area contributed by atoms with E-state index in [9.17, 15) is 14.4 Å². The van der Waals surface area contributed by atoms with E-state index >= 15 is 0 Å². The van der Waals surface area contributed by atoms with Gasteiger partial charge in [-0.3, -0.25) is 14.4 Å². The molecule has 0 saturated carbocycles. The molecule has 1 N–H and O–H groups in total. The molecule has 0 bridgehead atoms. The number of hydrogen-bond donors (Lipinski definition) is 1. The number of halogens is 1. The summed E-state index contributed by atoms with van der Waals surface area (Å²) in [5.41, 5.74) is 2.28. The van der Waals surface area contributed by atoms with Crippen LogP contribution in [-0.2, 0) is 20.9 Å². The van der Waals surface area contributed by atoms with Crippen LogP contribution in [0.1, 0.15) is 38.8 Å². The number of aryl methyl sites for hydroxylation is 1. The van der Waals surface area contributed by atoms with Crippen LogP contribution >= 0.6 is 15.9 Å². The number of hydrogen-bond acceptors (Lipinski definition) is 3. The van der Waals surface area contributed by atoms with E-state index < -0.39 is 0 Å². The van der Waals surface area contributed by atoms with Crippen LogP contribution in [0.3, 0.4) is 0 Å². The SMILES string of the molecule is C#CC.CC(C)C.CNC(=O)CN1CC(=O)N(Cc2ccc(Br)cc2)CC1=O.Cc1ccc2ccccc2c1. The highest BCUT2D eigenvalue weighted by molar-refractivity contribution is 9.10. The van der Waals surface area contributed by atoms with Gasteiger partial charge in [0.15, 0.2) is 0 Å². The molecular formula is C32H40BrN3O3. The highest BCUT2D eigenvalue weighted by Crippen LogP contribution is 2.15. The number of terminal acetylenes is 1. The molecule has 1 aliphatic rings. The summed E-state index contributed by atoms with van der Waals surface area (Å²) < 4.78 is 0.962. The summed E-state index contributed by atoms with van der Waals surface area (Å²) in [5, 5.41) is 5.09. The standard InChI is InChI=1S/C14H16BrN3O3.C11H10.C4H10.C3H4/c1-16-12(19)7-18-9-13(20)17(8-14(18)21)6-10-2-4-11(15)5-3-10;1-9-6-7-10-4-2-3-5-11(10)8-9;1-4(2)3;1-3-2/h2-5H,6-9H2,1H3,(H,16,19);2-8H,1H3;4H,1-3H3;1H,2H3. The zero-order chi connectivity index (χ0) is 29.4. The third kappa shape index (κ3) is 13.1. The molecule has 0 atom stereocenters. The first-order valence-electron chi connectivity index (χ1n) is 12.8. The Balaban J connectivity index is 0.000000349. The number of carbonyl (C=O) groups excluding carboxylic acids is 3. The average Bonchev–Trinajstić information content (AvgIpc) is 2.88. The van der Waals surface area contributed by atoms with Crippen LogP contribution in [0.4, 0.5) is 0 Å². The van der Waals surface area contributed by atoms with Crippen molar-refractivity contribution in [2.24, 2.45) is 5.92 Å². The number of fused-ring (bicyclic) bond motifs is 1. The van der Waals surface area contributed by atoms with Gasteiger partial charge in [-0.2, -0.15) is 0 Å². The second kappa shape index (κ2) is 17.8. The Bertz CT molecular complexity index is 1250. The van der Waals surface area contributed by atoms with Gasteiger partial charge in [-0.1, -0.05) is 96.9 Å². The predicted molar refractivity (Wildman–Crippen MR) is 164 cm³/mol. The third-order valence-electron chi connectivity index (χ3n) is 5.16. The lowest BCUT2D eigenvalue weighted by Crippen LogP contribution is -2.55. The Morgan fingerprint density at radius 2 is 1.46 bits per heavy atom. The summed E-state index contributed by atoms with van der Waals surface area (Å²) in [6.45, 7) is 10.5. The maximum Gasteiger partial charge on any atom is 0.243 e. The number of nitrogens with zero attached hydrogens (tertiary/aromatic N) is 2. The molecule has 1 heterocycles. The van der Waals surface area contributed by atoms with Crippen molar-refractivity contribution in [3.8, 4) is 12.3 Å². The Morgan fingerprint density at radius 3 is 2.03 bits per heavy atom. The summed E-state index contributed by atoms with van der Waals surface area (Å²) in [7, 11) is 1.50. The van der Waals surface area contributed by atoms with E-state index in [0.29, 0.717) is 6.54 Å². The molecule has 6 nitrogen and oxygen atoms in total. The number of carbonyl (C=O) groups is 3. The molecule has 3 aromatic rings. The molecule has 0 aliphatic carbocycles. The molecule has 1 fully saturated rings. The quantitative estimate of drug-likeness (QED) is 0.388. The van der Waals surface area contributed by atoms with Crippen molar-refractivity contribution < 1.29 is 14.4 Å². The van der Waals surface area contributed by atoms with Crippen molar-refractivity contribution >= 4 is 44.4 Å². The smallest absolute Gasteiger partial charge is 0.243 e. The summed E-state index contributed by atoms with van der Waals surface area (Å²) in [6.07, 6.45) is 4.60. The van der Waals surface area contributed by atoms with Gasteiger partial charge in [0.2, 0.25) is 17.7 Å². The van der Waals surface area contributed by atoms with Gasteiger partial charge < -0.3 is 15.1 Å². The van der Waals surface area contributed by atoms with E-state index in [1.54, 1.807) is 6.92 Å². The Morgan fingerprint density at radius 1 is 0.949 bits per heavy atom. The molecule has 1 aliphatic heterocycles.